The van der Waals surface area contributed by atoms with Crippen molar-refractivity contribution >= 4 is 21.5 Å². The summed E-state index contributed by atoms with van der Waals surface area (Å²) in [5.41, 5.74) is 0. The van der Waals surface area contributed by atoms with E-state index < -0.39 is 0 Å². The van der Waals surface area contributed by atoms with Crippen molar-refractivity contribution in [3.8, 4) is 5.75 Å². The smallest absolute Gasteiger partial charge is 0.142 e. The number of benzene rings is 2. The van der Waals surface area contributed by atoms with E-state index in [0.29, 0.717) is 0 Å². The molecule has 0 aliphatic rings. The summed E-state index contributed by atoms with van der Waals surface area (Å²) in [5, 5.41) is 13.8. The van der Waals surface area contributed by atoms with Gasteiger partial charge in [-0.3, -0.25) is 4.98 Å². The average Bonchev–Trinajstić information content (AvgIpc) is 2.29. The molecular formula is C13H9NO. The molecule has 3 aromatic rings. The highest BCUT2D eigenvalue weighted by molar-refractivity contribution is 6.09. The van der Waals surface area contributed by atoms with Crippen LogP contribution in [-0.2, 0) is 0 Å². The third-order valence-electron chi connectivity index (χ3n) is 2.63. The van der Waals surface area contributed by atoms with Gasteiger partial charge >= 0.3 is 0 Å². The molecule has 0 aliphatic carbocycles. The van der Waals surface area contributed by atoms with Crippen molar-refractivity contribution in [1.29, 1.82) is 0 Å². The van der Waals surface area contributed by atoms with Crippen molar-refractivity contribution in [3.63, 3.8) is 0 Å². The molecule has 0 saturated heterocycles. The molecule has 0 aliphatic heterocycles. The Labute approximate surface area is 86.8 Å². The van der Waals surface area contributed by atoms with E-state index in [1.165, 1.54) is 6.20 Å². The quantitative estimate of drug-likeness (QED) is 0.559. The molecule has 0 radical (unpaired) electrons. The Morgan fingerprint density at radius 2 is 1.67 bits per heavy atom. The van der Waals surface area contributed by atoms with Crippen molar-refractivity contribution in [2.24, 2.45) is 0 Å². The van der Waals surface area contributed by atoms with E-state index in [2.05, 4.69) is 4.98 Å². The van der Waals surface area contributed by atoms with Gasteiger partial charge in [-0.25, -0.2) is 0 Å². The van der Waals surface area contributed by atoms with Crippen molar-refractivity contribution < 1.29 is 5.11 Å². The maximum Gasteiger partial charge on any atom is 0.142 e. The zero-order chi connectivity index (χ0) is 10.3. The standard InChI is InChI=1S/C13H9NO/c15-12-8-14-7-10-6-5-9-3-1-2-4-11(9)13(10)12/h1-8,15H. The summed E-state index contributed by atoms with van der Waals surface area (Å²) in [5.74, 6) is 0.240. The normalized spacial score (nSPS) is 10.9. The highest BCUT2D eigenvalue weighted by Gasteiger charge is 2.03. The van der Waals surface area contributed by atoms with E-state index in [0.717, 1.165) is 21.5 Å². The first-order valence-corrected chi connectivity index (χ1v) is 4.81. The Morgan fingerprint density at radius 1 is 0.867 bits per heavy atom. The van der Waals surface area contributed by atoms with Crippen LogP contribution < -0.4 is 0 Å². The van der Waals surface area contributed by atoms with Crippen LogP contribution in [0.15, 0.2) is 48.8 Å². The maximum atomic E-state index is 9.81. The molecule has 0 saturated carbocycles. The first-order chi connectivity index (χ1) is 7.36. The molecule has 0 bridgehead atoms. The minimum atomic E-state index is 0.240. The van der Waals surface area contributed by atoms with Gasteiger partial charge < -0.3 is 5.11 Å². The fourth-order valence-electron chi connectivity index (χ4n) is 1.93. The van der Waals surface area contributed by atoms with Crippen LogP contribution in [-0.4, -0.2) is 10.1 Å². The Morgan fingerprint density at radius 3 is 2.60 bits per heavy atom. The van der Waals surface area contributed by atoms with E-state index in [1.54, 1.807) is 6.20 Å². The lowest BCUT2D eigenvalue weighted by atomic mass is 10.0. The molecule has 2 heteroatoms. The van der Waals surface area contributed by atoms with E-state index >= 15 is 0 Å². The van der Waals surface area contributed by atoms with Crippen LogP contribution in [0.25, 0.3) is 21.5 Å². The van der Waals surface area contributed by atoms with Gasteiger partial charge in [0.1, 0.15) is 5.75 Å². The monoisotopic (exact) mass is 195 g/mol. The highest BCUT2D eigenvalue weighted by Crippen LogP contribution is 2.30. The molecule has 0 spiro atoms. The van der Waals surface area contributed by atoms with Crippen LogP contribution in [0.2, 0.25) is 0 Å². The fraction of sp³-hybridized carbons (Fsp3) is 0. The number of aromatic hydroxyl groups is 1. The van der Waals surface area contributed by atoms with Gasteiger partial charge in [-0.1, -0.05) is 36.4 Å². The van der Waals surface area contributed by atoms with Crippen LogP contribution in [0.1, 0.15) is 0 Å². The lowest BCUT2D eigenvalue weighted by Crippen LogP contribution is -1.80. The number of hydrogen-bond acceptors (Lipinski definition) is 2. The highest BCUT2D eigenvalue weighted by atomic mass is 16.3. The maximum absolute atomic E-state index is 9.81. The summed E-state index contributed by atoms with van der Waals surface area (Å²) in [6.07, 6.45) is 3.25. The molecule has 2 aromatic carbocycles. The van der Waals surface area contributed by atoms with Crippen LogP contribution >= 0.6 is 0 Å². The Balaban J connectivity index is 2.64. The first kappa shape index (κ1) is 8.24. The molecule has 3 rings (SSSR count). The Hall–Kier alpha value is -2.09. The van der Waals surface area contributed by atoms with Crippen LogP contribution in [0.4, 0.5) is 0 Å². The largest absolute Gasteiger partial charge is 0.506 e. The zero-order valence-electron chi connectivity index (χ0n) is 8.01. The van der Waals surface area contributed by atoms with Gasteiger partial charge in [-0.05, 0) is 10.8 Å². The van der Waals surface area contributed by atoms with Crippen LogP contribution in [0.3, 0.4) is 0 Å². The van der Waals surface area contributed by atoms with Crippen molar-refractivity contribution in [1.82, 2.24) is 4.98 Å². The van der Waals surface area contributed by atoms with E-state index in [9.17, 15) is 5.11 Å². The van der Waals surface area contributed by atoms with Gasteiger partial charge in [-0.2, -0.15) is 0 Å². The second-order valence-corrected chi connectivity index (χ2v) is 3.54. The summed E-state index contributed by atoms with van der Waals surface area (Å²) in [7, 11) is 0. The molecule has 1 N–H and O–H groups in total. The van der Waals surface area contributed by atoms with Gasteiger partial charge in [-0.15, -0.1) is 0 Å². The minimum Gasteiger partial charge on any atom is -0.506 e. The number of pyridine rings is 1. The number of aromatic nitrogens is 1. The predicted octanol–water partition coefficient (Wildman–Crippen LogP) is 3.09. The molecule has 72 valence electrons. The number of fused-ring (bicyclic) bond motifs is 3. The van der Waals surface area contributed by atoms with E-state index in [1.807, 2.05) is 36.4 Å². The Kier molecular flexibility index (Phi) is 1.62. The molecule has 0 unspecified atom stereocenters. The number of rotatable bonds is 0. The van der Waals surface area contributed by atoms with Crippen LogP contribution in [0, 0.1) is 0 Å². The topological polar surface area (TPSA) is 33.1 Å². The van der Waals surface area contributed by atoms with Gasteiger partial charge in [0.25, 0.3) is 0 Å². The third kappa shape index (κ3) is 1.15. The summed E-state index contributed by atoms with van der Waals surface area (Å²) in [6, 6.07) is 12.0. The molecule has 2 nitrogen and oxygen atoms in total. The lowest BCUT2D eigenvalue weighted by Gasteiger charge is -2.04. The second kappa shape index (κ2) is 2.95. The van der Waals surface area contributed by atoms with Crippen molar-refractivity contribution in [2.45, 2.75) is 0 Å². The fourth-order valence-corrected chi connectivity index (χ4v) is 1.93. The van der Waals surface area contributed by atoms with Gasteiger partial charge in [0.15, 0.2) is 0 Å². The minimum absolute atomic E-state index is 0.240. The predicted molar refractivity (Wildman–Crippen MR) is 60.9 cm³/mol. The summed E-state index contributed by atoms with van der Waals surface area (Å²) < 4.78 is 0. The Bertz CT molecular complexity index is 646. The molecule has 0 amide bonds. The summed E-state index contributed by atoms with van der Waals surface area (Å²) in [6.45, 7) is 0. The molecule has 0 fully saturated rings. The van der Waals surface area contributed by atoms with Gasteiger partial charge in [0, 0.05) is 17.0 Å². The van der Waals surface area contributed by atoms with Crippen LogP contribution in [0.5, 0.6) is 5.75 Å². The molecule has 15 heavy (non-hydrogen) atoms. The third-order valence-corrected chi connectivity index (χ3v) is 2.63. The van der Waals surface area contributed by atoms with E-state index in [-0.39, 0.29) is 5.75 Å². The van der Waals surface area contributed by atoms with Gasteiger partial charge in [0.05, 0.1) is 6.20 Å². The van der Waals surface area contributed by atoms with E-state index in [4.69, 9.17) is 0 Å². The molecular weight excluding hydrogens is 186 g/mol. The summed E-state index contributed by atoms with van der Waals surface area (Å²) >= 11 is 0. The molecule has 1 aromatic heterocycles. The van der Waals surface area contributed by atoms with Crippen molar-refractivity contribution in [3.05, 3.63) is 48.8 Å². The molecule has 0 atom stereocenters. The number of hydrogen-bond donors (Lipinski definition) is 1. The second-order valence-electron chi connectivity index (χ2n) is 3.54. The summed E-state index contributed by atoms with van der Waals surface area (Å²) in [4.78, 5) is 3.97. The SMILES string of the molecule is Oc1cncc2ccc3ccccc3c12. The number of nitrogens with zero attached hydrogens (tertiary/aromatic N) is 1. The first-order valence-electron chi connectivity index (χ1n) is 4.81. The average molecular weight is 195 g/mol. The lowest BCUT2D eigenvalue weighted by molar-refractivity contribution is 0.479. The zero-order valence-corrected chi connectivity index (χ0v) is 8.01. The molecule has 1 heterocycles. The van der Waals surface area contributed by atoms with Gasteiger partial charge in [0.2, 0.25) is 0 Å². The van der Waals surface area contributed by atoms with Crippen molar-refractivity contribution in [2.75, 3.05) is 0 Å².